The molecule has 0 spiro atoms. The number of carbonyl (C=O) groups excluding carboxylic acids is 1. The van der Waals surface area contributed by atoms with Gasteiger partial charge in [-0.2, -0.15) is 0 Å². The Labute approximate surface area is 121 Å². The molecule has 1 N–H and O–H groups in total. The van der Waals surface area contributed by atoms with Gasteiger partial charge in [0.15, 0.2) is 0 Å². The molecule has 0 bridgehead atoms. The Morgan fingerprint density at radius 1 is 1.40 bits per heavy atom. The van der Waals surface area contributed by atoms with Crippen LogP contribution >= 0.6 is 0 Å². The highest BCUT2D eigenvalue weighted by Gasteiger charge is 2.31. The van der Waals surface area contributed by atoms with Crippen LogP contribution in [0.5, 0.6) is 0 Å². The molecule has 0 saturated carbocycles. The quantitative estimate of drug-likeness (QED) is 0.832. The standard InChI is InChI=1S/C15H28N2O3/c1-3-13-6-4-5-7-17(13)15(19)9-16-8-14(10-18)20-11-12(16)2/h12-14,18H,3-11H2,1-2H3. The molecule has 2 aliphatic heterocycles. The topological polar surface area (TPSA) is 53.0 Å². The van der Waals surface area contributed by atoms with Crippen molar-refractivity contribution in [1.29, 1.82) is 0 Å². The molecule has 20 heavy (non-hydrogen) atoms. The normalized spacial score (nSPS) is 32.4. The van der Waals surface area contributed by atoms with Gasteiger partial charge in [0.05, 0.1) is 25.9 Å². The van der Waals surface area contributed by atoms with E-state index in [4.69, 9.17) is 4.74 Å². The summed E-state index contributed by atoms with van der Waals surface area (Å²) in [5, 5.41) is 9.21. The van der Waals surface area contributed by atoms with Crippen LogP contribution in [0, 0.1) is 0 Å². The third-order valence-corrected chi connectivity index (χ3v) is 4.60. The first-order valence-corrected chi connectivity index (χ1v) is 7.91. The van der Waals surface area contributed by atoms with Gasteiger partial charge in [-0.3, -0.25) is 9.69 Å². The monoisotopic (exact) mass is 284 g/mol. The minimum atomic E-state index is -0.151. The van der Waals surface area contributed by atoms with Gasteiger partial charge in [-0.25, -0.2) is 0 Å². The van der Waals surface area contributed by atoms with Crippen LogP contribution in [-0.2, 0) is 9.53 Å². The SMILES string of the molecule is CCC1CCCCN1C(=O)CN1CC(CO)OCC1C. The maximum Gasteiger partial charge on any atom is 0.237 e. The lowest BCUT2D eigenvalue weighted by molar-refractivity contribution is -0.141. The number of rotatable bonds is 4. The first-order valence-electron chi connectivity index (χ1n) is 7.91. The molecule has 116 valence electrons. The smallest absolute Gasteiger partial charge is 0.237 e. The highest BCUT2D eigenvalue weighted by atomic mass is 16.5. The van der Waals surface area contributed by atoms with E-state index in [0.717, 1.165) is 25.8 Å². The second kappa shape index (κ2) is 7.38. The van der Waals surface area contributed by atoms with Crippen molar-refractivity contribution in [3.63, 3.8) is 0 Å². The molecule has 0 radical (unpaired) electrons. The summed E-state index contributed by atoms with van der Waals surface area (Å²) >= 11 is 0. The second-order valence-electron chi connectivity index (χ2n) is 6.06. The molecule has 5 heteroatoms. The van der Waals surface area contributed by atoms with Crippen molar-refractivity contribution >= 4 is 5.91 Å². The number of piperidine rings is 1. The van der Waals surface area contributed by atoms with Crippen molar-refractivity contribution in [3.05, 3.63) is 0 Å². The van der Waals surface area contributed by atoms with E-state index in [2.05, 4.69) is 23.6 Å². The second-order valence-corrected chi connectivity index (χ2v) is 6.06. The van der Waals surface area contributed by atoms with Crippen molar-refractivity contribution in [1.82, 2.24) is 9.80 Å². The number of ether oxygens (including phenoxy) is 1. The van der Waals surface area contributed by atoms with Gasteiger partial charge in [-0.05, 0) is 32.6 Å². The summed E-state index contributed by atoms with van der Waals surface area (Å²) in [4.78, 5) is 16.8. The summed E-state index contributed by atoms with van der Waals surface area (Å²) < 4.78 is 5.52. The Balaban J connectivity index is 1.91. The van der Waals surface area contributed by atoms with Crippen molar-refractivity contribution in [2.24, 2.45) is 0 Å². The van der Waals surface area contributed by atoms with Gasteiger partial charge in [0.25, 0.3) is 0 Å². The molecular formula is C15H28N2O3. The fraction of sp³-hybridized carbons (Fsp3) is 0.933. The zero-order valence-electron chi connectivity index (χ0n) is 12.8. The average molecular weight is 284 g/mol. The minimum Gasteiger partial charge on any atom is -0.394 e. The van der Waals surface area contributed by atoms with E-state index in [-0.39, 0.29) is 24.7 Å². The minimum absolute atomic E-state index is 0.0265. The number of morpholine rings is 1. The van der Waals surface area contributed by atoms with Crippen molar-refractivity contribution in [3.8, 4) is 0 Å². The molecule has 2 saturated heterocycles. The Kier molecular flexibility index (Phi) is 5.81. The molecule has 2 heterocycles. The predicted molar refractivity (Wildman–Crippen MR) is 77.5 cm³/mol. The molecular weight excluding hydrogens is 256 g/mol. The van der Waals surface area contributed by atoms with Crippen LogP contribution in [0.3, 0.4) is 0 Å². The Morgan fingerprint density at radius 3 is 2.90 bits per heavy atom. The summed E-state index contributed by atoms with van der Waals surface area (Å²) in [5.41, 5.74) is 0. The van der Waals surface area contributed by atoms with Crippen LogP contribution in [0.1, 0.15) is 39.5 Å². The molecule has 2 rings (SSSR count). The molecule has 5 nitrogen and oxygen atoms in total. The molecule has 1 amide bonds. The van der Waals surface area contributed by atoms with Gasteiger partial charge < -0.3 is 14.7 Å². The molecule has 0 aromatic carbocycles. The average Bonchev–Trinajstić information content (AvgIpc) is 2.49. The summed E-state index contributed by atoms with van der Waals surface area (Å²) in [5.74, 6) is 0.238. The van der Waals surface area contributed by atoms with Crippen molar-refractivity contribution < 1.29 is 14.6 Å². The van der Waals surface area contributed by atoms with E-state index in [0.29, 0.717) is 25.7 Å². The molecule has 0 aromatic rings. The van der Waals surface area contributed by atoms with E-state index in [1.165, 1.54) is 6.42 Å². The molecule has 2 fully saturated rings. The third kappa shape index (κ3) is 3.71. The summed E-state index contributed by atoms with van der Waals surface area (Å²) in [6, 6.07) is 0.660. The first kappa shape index (κ1) is 15.7. The molecule has 3 atom stereocenters. The molecule has 2 aliphatic rings. The van der Waals surface area contributed by atoms with E-state index in [9.17, 15) is 9.90 Å². The number of aliphatic hydroxyl groups excluding tert-OH is 1. The van der Waals surface area contributed by atoms with E-state index >= 15 is 0 Å². The van der Waals surface area contributed by atoms with E-state index in [1.807, 2.05) is 0 Å². The van der Waals surface area contributed by atoms with Gasteiger partial charge in [-0.15, -0.1) is 0 Å². The number of aliphatic hydroxyl groups is 1. The highest BCUT2D eigenvalue weighted by Crippen LogP contribution is 2.20. The van der Waals surface area contributed by atoms with Crippen LogP contribution in [-0.4, -0.2) is 71.8 Å². The number of nitrogens with zero attached hydrogens (tertiary/aromatic N) is 2. The Hall–Kier alpha value is -0.650. The van der Waals surface area contributed by atoms with E-state index in [1.54, 1.807) is 0 Å². The molecule has 0 aromatic heterocycles. The van der Waals surface area contributed by atoms with Crippen LogP contribution in [0.15, 0.2) is 0 Å². The number of carbonyl (C=O) groups is 1. The van der Waals surface area contributed by atoms with Gasteiger partial charge in [-0.1, -0.05) is 6.92 Å². The fourth-order valence-electron chi connectivity index (χ4n) is 3.22. The number of likely N-dealkylation sites (tertiary alicyclic amines) is 1. The summed E-state index contributed by atoms with van der Waals surface area (Å²) in [7, 11) is 0. The number of hydrogen-bond donors (Lipinski definition) is 1. The zero-order chi connectivity index (χ0) is 14.5. The third-order valence-electron chi connectivity index (χ3n) is 4.60. The number of hydrogen-bond acceptors (Lipinski definition) is 4. The lowest BCUT2D eigenvalue weighted by Gasteiger charge is -2.40. The fourth-order valence-corrected chi connectivity index (χ4v) is 3.22. The van der Waals surface area contributed by atoms with Crippen LogP contribution in [0.25, 0.3) is 0 Å². The van der Waals surface area contributed by atoms with Crippen molar-refractivity contribution in [2.45, 2.75) is 57.7 Å². The molecule has 0 aliphatic carbocycles. The number of amides is 1. The highest BCUT2D eigenvalue weighted by molar-refractivity contribution is 5.78. The lowest BCUT2D eigenvalue weighted by Crippen LogP contribution is -2.54. The molecule has 3 unspecified atom stereocenters. The lowest BCUT2D eigenvalue weighted by atomic mass is 10.00. The van der Waals surface area contributed by atoms with Gasteiger partial charge >= 0.3 is 0 Å². The van der Waals surface area contributed by atoms with Crippen molar-refractivity contribution in [2.75, 3.05) is 32.8 Å². The van der Waals surface area contributed by atoms with Crippen LogP contribution in [0.4, 0.5) is 0 Å². The predicted octanol–water partition coefficient (Wildman–Crippen LogP) is 0.859. The zero-order valence-corrected chi connectivity index (χ0v) is 12.8. The largest absolute Gasteiger partial charge is 0.394 e. The maximum atomic E-state index is 12.6. The van der Waals surface area contributed by atoms with Gasteiger partial charge in [0.1, 0.15) is 0 Å². The first-order chi connectivity index (χ1) is 9.65. The van der Waals surface area contributed by atoms with E-state index < -0.39 is 0 Å². The van der Waals surface area contributed by atoms with Gasteiger partial charge in [0, 0.05) is 25.2 Å². The summed E-state index contributed by atoms with van der Waals surface area (Å²) in [6.45, 7) is 6.86. The van der Waals surface area contributed by atoms with Crippen LogP contribution in [0.2, 0.25) is 0 Å². The maximum absolute atomic E-state index is 12.6. The van der Waals surface area contributed by atoms with Gasteiger partial charge in [0.2, 0.25) is 5.91 Å². The van der Waals surface area contributed by atoms with Crippen LogP contribution < -0.4 is 0 Å². The Bertz CT molecular complexity index is 324. The Morgan fingerprint density at radius 2 is 2.20 bits per heavy atom. The summed E-state index contributed by atoms with van der Waals surface area (Å²) in [6.07, 6.45) is 4.40.